The van der Waals surface area contributed by atoms with E-state index in [1.54, 1.807) is 189 Å². The van der Waals surface area contributed by atoms with Gasteiger partial charge in [-0.2, -0.15) is 0 Å². The van der Waals surface area contributed by atoms with E-state index in [4.69, 9.17) is 52.5 Å². The summed E-state index contributed by atoms with van der Waals surface area (Å²) in [5, 5.41) is 35.1. The van der Waals surface area contributed by atoms with E-state index in [1.165, 1.54) is 0 Å². The number of ether oxygens (including phenoxy) is 10. The van der Waals surface area contributed by atoms with E-state index in [2.05, 4.69) is 53.2 Å². The molecule has 0 unspecified atom stereocenters. The number of amides is 10. The molecule has 10 aromatic carbocycles. The third-order valence-electron chi connectivity index (χ3n) is 17.2. The van der Waals surface area contributed by atoms with Crippen molar-refractivity contribution < 1.29 is 100 Å². The van der Waals surface area contributed by atoms with Crippen LogP contribution in [0.4, 0.5) is 56.9 Å². The van der Waals surface area contributed by atoms with Crippen LogP contribution >= 0.6 is 0 Å². The zero-order valence-corrected chi connectivity index (χ0v) is 68.6. The lowest BCUT2D eigenvalue weighted by Crippen LogP contribution is -2.25. The van der Waals surface area contributed by atoms with Crippen molar-refractivity contribution in [1.82, 2.24) is 0 Å². The molecule has 15 rings (SSSR count). The number of anilines is 10. The van der Waals surface area contributed by atoms with E-state index in [-0.39, 0.29) is 98.7 Å². The van der Waals surface area contributed by atoms with Gasteiger partial charge in [0.2, 0.25) is 0 Å². The van der Waals surface area contributed by atoms with Gasteiger partial charge in [-0.25, -0.2) is 0 Å². The first-order chi connectivity index (χ1) is 59.7. The first-order valence-electron chi connectivity index (χ1n) is 39.8. The standard InChI is InChI=1S/5C18H18N2O4.C2H6O/c5*1-2-8-23-14-5-3-4-12(9-14)18(22)19-13-6-7-16-15(10-13)20-17(21)11-24-16;1-2-3/h5*3-7,9-10H,2,8,11H2,1H3,(H,19,22)(H,20,21);3H,2H2,1H3. The van der Waals surface area contributed by atoms with Crippen LogP contribution in [-0.4, -0.2) is 137 Å². The van der Waals surface area contributed by atoms with Crippen molar-refractivity contribution in [3.05, 3.63) is 240 Å². The van der Waals surface area contributed by atoms with Crippen molar-refractivity contribution in [2.75, 3.05) is 126 Å². The number of carbonyl (C=O) groups excluding carboxylic acids is 10. The van der Waals surface area contributed by atoms with Crippen molar-refractivity contribution in [2.24, 2.45) is 0 Å². The summed E-state index contributed by atoms with van der Waals surface area (Å²) in [6.07, 6.45) is 4.51. The number of fused-ring (bicyclic) bond motifs is 5. The van der Waals surface area contributed by atoms with Gasteiger partial charge in [-0.05, 0) is 221 Å². The molecule has 0 saturated heterocycles. The van der Waals surface area contributed by atoms with Crippen molar-refractivity contribution in [1.29, 1.82) is 0 Å². The van der Waals surface area contributed by atoms with Crippen LogP contribution in [0.2, 0.25) is 0 Å². The van der Waals surface area contributed by atoms with Crippen LogP contribution in [0.3, 0.4) is 0 Å². The van der Waals surface area contributed by atoms with Gasteiger partial charge in [-0.1, -0.05) is 65.0 Å². The fraction of sp³-hybridized carbons (Fsp3) is 0.239. The molecule has 5 aliphatic rings. The lowest BCUT2D eigenvalue weighted by molar-refractivity contribution is -0.119. The second kappa shape index (κ2) is 46.3. The van der Waals surface area contributed by atoms with Crippen molar-refractivity contribution in [3.8, 4) is 57.5 Å². The molecule has 10 amide bonds. The van der Waals surface area contributed by atoms with E-state index in [0.717, 1.165) is 32.1 Å². The fourth-order valence-corrected chi connectivity index (χ4v) is 11.6. The third kappa shape index (κ3) is 28.0. The van der Waals surface area contributed by atoms with Gasteiger partial charge in [-0.15, -0.1) is 0 Å². The molecule has 31 nitrogen and oxygen atoms in total. The highest BCUT2D eigenvalue weighted by Gasteiger charge is 2.24. The van der Waals surface area contributed by atoms with Crippen LogP contribution in [0.1, 0.15) is 125 Å². The molecule has 0 aliphatic carbocycles. The Balaban J connectivity index is 0.000000160. The van der Waals surface area contributed by atoms with E-state index >= 15 is 0 Å². The summed E-state index contributed by atoms with van der Waals surface area (Å²) in [6.45, 7) is 15.1. The number of nitrogens with one attached hydrogen (secondary N) is 10. The summed E-state index contributed by atoms with van der Waals surface area (Å²) in [5.41, 5.74) is 8.10. The summed E-state index contributed by atoms with van der Waals surface area (Å²) in [7, 11) is 0. The minimum Gasteiger partial charge on any atom is -0.494 e. The van der Waals surface area contributed by atoms with Crippen LogP contribution in [0.25, 0.3) is 0 Å². The third-order valence-corrected chi connectivity index (χ3v) is 17.2. The monoisotopic (exact) mass is 1680 g/mol. The fourth-order valence-electron chi connectivity index (χ4n) is 11.6. The molecule has 0 aromatic heterocycles. The molecule has 31 heteroatoms. The van der Waals surface area contributed by atoms with Gasteiger partial charge in [0.15, 0.2) is 33.0 Å². The van der Waals surface area contributed by atoms with Gasteiger partial charge in [0.1, 0.15) is 57.5 Å². The highest BCUT2D eigenvalue weighted by Crippen LogP contribution is 2.36. The SMILES string of the molecule is CCCOc1cccc(C(=O)Nc2ccc3c(c2)NC(=O)CO3)c1.CCCOc1cccc(C(=O)Nc2ccc3c(c2)NC(=O)CO3)c1.CCCOc1cccc(C(=O)Nc2ccc3c(c2)NC(=O)CO3)c1.CCCOc1cccc(C(=O)Nc2ccc3c(c2)NC(=O)CO3)c1.CCCOc1cccc(C(=O)Nc2ccc3c(c2)NC(=O)CO3)c1.CCO. The number of rotatable bonds is 25. The van der Waals surface area contributed by atoms with E-state index in [9.17, 15) is 47.9 Å². The van der Waals surface area contributed by atoms with Crippen LogP contribution < -0.4 is 101 Å². The topological polar surface area (TPSA) is 404 Å². The molecule has 0 saturated carbocycles. The minimum atomic E-state index is -0.250. The lowest BCUT2D eigenvalue weighted by Gasteiger charge is -2.18. The van der Waals surface area contributed by atoms with Crippen LogP contribution in [0.5, 0.6) is 57.5 Å². The maximum Gasteiger partial charge on any atom is 0.262 e. The van der Waals surface area contributed by atoms with E-state index in [0.29, 0.717) is 175 Å². The van der Waals surface area contributed by atoms with Crippen LogP contribution in [-0.2, 0) is 24.0 Å². The largest absolute Gasteiger partial charge is 0.494 e. The molecular formula is C92H96N10O21. The number of aliphatic hydroxyl groups excluding tert-OH is 1. The van der Waals surface area contributed by atoms with Gasteiger partial charge in [0.05, 0.1) is 61.5 Å². The molecule has 640 valence electrons. The lowest BCUT2D eigenvalue weighted by atomic mass is 10.2. The average Bonchev–Trinajstić information content (AvgIpc) is 0.837. The Labute approximate surface area is 710 Å². The highest BCUT2D eigenvalue weighted by molar-refractivity contribution is 6.09. The normalized spacial score (nSPS) is 12.5. The Bertz CT molecular complexity index is 4650. The molecule has 0 bridgehead atoms. The second-order valence-electron chi connectivity index (χ2n) is 27.2. The van der Waals surface area contributed by atoms with Gasteiger partial charge >= 0.3 is 0 Å². The molecule has 0 radical (unpaired) electrons. The van der Waals surface area contributed by atoms with E-state index < -0.39 is 0 Å². The van der Waals surface area contributed by atoms with Gasteiger partial charge in [-0.3, -0.25) is 47.9 Å². The number of hydrogen-bond donors (Lipinski definition) is 11. The molecule has 0 fully saturated rings. The Morgan fingerprint density at radius 1 is 0.276 bits per heavy atom. The smallest absolute Gasteiger partial charge is 0.262 e. The zero-order valence-electron chi connectivity index (χ0n) is 68.6. The quantitative estimate of drug-likeness (QED) is 0.0253. The number of benzene rings is 10. The first-order valence-corrected chi connectivity index (χ1v) is 39.8. The maximum atomic E-state index is 12.4. The summed E-state index contributed by atoms with van der Waals surface area (Å²) in [6, 6.07) is 60.6. The number of hydrogen-bond acceptors (Lipinski definition) is 21. The predicted octanol–water partition coefficient (Wildman–Crippen LogP) is 15.3. The van der Waals surface area contributed by atoms with Crippen molar-refractivity contribution in [2.45, 2.75) is 73.6 Å². The van der Waals surface area contributed by atoms with Crippen molar-refractivity contribution in [3.63, 3.8) is 0 Å². The highest BCUT2D eigenvalue weighted by atomic mass is 16.5. The Hall–Kier alpha value is -15.1. The van der Waals surface area contributed by atoms with Crippen molar-refractivity contribution >= 4 is 116 Å². The van der Waals surface area contributed by atoms with Gasteiger partial charge < -0.3 is 106 Å². The molecule has 0 spiro atoms. The zero-order chi connectivity index (χ0) is 87.4. The molecule has 10 aromatic rings. The molecule has 123 heavy (non-hydrogen) atoms. The first kappa shape index (κ1) is 90.2. The summed E-state index contributed by atoms with van der Waals surface area (Å²) < 4.78 is 54.2. The Morgan fingerprint density at radius 2 is 0.447 bits per heavy atom. The second-order valence-corrected chi connectivity index (χ2v) is 27.2. The van der Waals surface area contributed by atoms with Gasteiger partial charge in [0, 0.05) is 62.9 Å². The molecule has 5 aliphatic heterocycles. The van der Waals surface area contributed by atoms with E-state index in [1.807, 2.05) is 65.0 Å². The number of aliphatic hydroxyl groups is 1. The molecule has 11 N–H and O–H groups in total. The molecule has 5 heterocycles. The predicted molar refractivity (Wildman–Crippen MR) is 466 cm³/mol. The van der Waals surface area contributed by atoms with Crippen LogP contribution in [0, 0.1) is 0 Å². The average molecular weight is 1680 g/mol. The van der Waals surface area contributed by atoms with Gasteiger partial charge in [0.25, 0.3) is 59.1 Å². The van der Waals surface area contributed by atoms with Crippen LogP contribution in [0.15, 0.2) is 212 Å². The summed E-state index contributed by atoms with van der Waals surface area (Å²) >= 11 is 0. The Kier molecular flexibility index (Phi) is 33.9. The Morgan fingerprint density at radius 3 is 0.610 bits per heavy atom. The number of carbonyl (C=O) groups is 10. The maximum absolute atomic E-state index is 12.4. The molecular weight excluding hydrogens is 1580 g/mol. The summed E-state index contributed by atoms with van der Waals surface area (Å²) in [4.78, 5) is 119. The summed E-state index contributed by atoms with van der Waals surface area (Å²) in [5.74, 6) is 3.91. The minimum absolute atomic E-state index is 0.00323. The molecule has 0 atom stereocenters.